The SMILES string of the molecule is C=C(C)C(=O)C(O)C[N+](CC)(CC)CC.[I-]. The van der Waals surface area contributed by atoms with Gasteiger partial charge in [-0.3, -0.25) is 4.79 Å². The molecule has 0 spiro atoms. The van der Waals surface area contributed by atoms with Gasteiger partial charge in [-0.2, -0.15) is 0 Å². The van der Waals surface area contributed by atoms with E-state index in [4.69, 9.17) is 0 Å². The summed E-state index contributed by atoms with van der Waals surface area (Å²) in [6.45, 7) is 14.8. The molecule has 0 aromatic carbocycles. The molecule has 0 fully saturated rings. The molecule has 1 atom stereocenters. The number of hydrogen-bond donors (Lipinski definition) is 1. The van der Waals surface area contributed by atoms with Gasteiger partial charge in [0.2, 0.25) is 0 Å². The van der Waals surface area contributed by atoms with Gasteiger partial charge < -0.3 is 33.6 Å². The second kappa shape index (κ2) is 8.20. The molecule has 0 heterocycles. The fourth-order valence-electron chi connectivity index (χ4n) is 1.79. The largest absolute Gasteiger partial charge is 1.00 e. The van der Waals surface area contributed by atoms with Crippen molar-refractivity contribution in [2.45, 2.75) is 33.8 Å². The zero-order valence-corrected chi connectivity index (χ0v) is 13.0. The van der Waals surface area contributed by atoms with E-state index in [0.717, 1.165) is 24.1 Å². The molecule has 0 bridgehead atoms. The number of aliphatic hydroxyl groups excluding tert-OH is 1. The van der Waals surface area contributed by atoms with Gasteiger partial charge in [-0.15, -0.1) is 0 Å². The molecule has 0 rings (SSSR count). The van der Waals surface area contributed by atoms with Crippen LogP contribution in [0.2, 0.25) is 0 Å². The first-order valence-corrected chi connectivity index (χ1v) is 5.65. The van der Waals surface area contributed by atoms with E-state index in [9.17, 15) is 9.90 Å². The Bertz CT molecular complexity index is 229. The van der Waals surface area contributed by atoms with Crippen LogP contribution in [0, 0.1) is 0 Å². The molecule has 0 saturated heterocycles. The minimum atomic E-state index is -0.901. The van der Waals surface area contributed by atoms with E-state index in [1.54, 1.807) is 6.92 Å². The Morgan fingerprint density at radius 3 is 1.88 bits per heavy atom. The van der Waals surface area contributed by atoms with E-state index in [0.29, 0.717) is 12.1 Å². The molecule has 0 aliphatic rings. The predicted octanol–water partition coefficient (Wildman–Crippen LogP) is -1.63. The van der Waals surface area contributed by atoms with Gasteiger partial charge in [-0.25, -0.2) is 0 Å². The normalized spacial score (nSPS) is 12.8. The molecule has 1 unspecified atom stereocenters. The van der Waals surface area contributed by atoms with E-state index in [-0.39, 0.29) is 29.8 Å². The summed E-state index contributed by atoms with van der Waals surface area (Å²) in [6, 6.07) is 0. The molecule has 0 aromatic rings. The van der Waals surface area contributed by atoms with Crippen LogP contribution in [0.15, 0.2) is 12.2 Å². The summed E-state index contributed by atoms with van der Waals surface area (Å²) in [7, 11) is 0. The first-order chi connectivity index (χ1) is 6.92. The topological polar surface area (TPSA) is 37.3 Å². The van der Waals surface area contributed by atoms with Crippen LogP contribution in [0.25, 0.3) is 0 Å². The quantitative estimate of drug-likeness (QED) is 0.343. The summed E-state index contributed by atoms with van der Waals surface area (Å²) >= 11 is 0. The van der Waals surface area contributed by atoms with E-state index < -0.39 is 6.10 Å². The molecule has 4 heteroatoms. The third-order valence-electron chi connectivity index (χ3n) is 3.30. The number of carbonyl (C=O) groups is 1. The van der Waals surface area contributed by atoms with Crippen LogP contribution in [0.4, 0.5) is 0 Å². The number of likely N-dealkylation sites (N-methyl/N-ethyl adjacent to an activating group) is 1. The van der Waals surface area contributed by atoms with E-state index in [2.05, 4.69) is 27.4 Å². The number of ketones is 1. The van der Waals surface area contributed by atoms with E-state index in [1.165, 1.54) is 0 Å². The number of rotatable bonds is 7. The lowest BCUT2D eigenvalue weighted by Crippen LogP contribution is -3.00. The Morgan fingerprint density at radius 1 is 1.25 bits per heavy atom. The summed E-state index contributed by atoms with van der Waals surface area (Å²) < 4.78 is 0.778. The third-order valence-corrected chi connectivity index (χ3v) is 3.30. The number of aliphatic hydroxyl groups is 1. The summed E-state index contributed by atoms with van der Waals surface area (Å²) in [5, 5.41) is 9.79. The van der Waals surface area contributed by atoms with Crippen molar-refractivity contribution in [3.63, 3.8) is 0 Å². The van der Waals surface area contributed by atoms with Gasteiger partial charge in [0.05, 0.1) is 19.6 Å². The molecule has 0 aliphatic heterocycles. The molecular weight excluding hydrogens is 317 g/mol. The smallest absolute Gasteiger partial charge is 0.192 e. The maximum Gasteiger partial charge on any atom is 0.192 e. The summed E-state index contributed by atoms with van der Waals surface area (Å²) in [5.41, 5.74) is 0.434. The monoisotopic (exact) mass is 341 g/mol. The summed E-state index contributed by atoms with van der Waals surface area (Å²) in [5.74, 6) is -0.229. The Morgan fingerprint density at radius 2 is 1.62 bits per heavy atom. The number of Topliss-reactive ketones (excluding diaryl/α,β-unsaturated/α-hetero) is 1. The highest BCUT2D eigenvalue weighted by Gasteiger charge is 2.28. The van der Waals surface area contributed by atoms with E-state index >= 15 is 0 Å². The van der Waals surface area contributed by atoms with Crippen LogP contribution in [0.3, 0.4) is 0 Å². The number of carbonyl (C=O) groups excluding carboxylic acids is 1. The maximum atomic E-state index is 11.5. The van der Waals surface area contributed by atoms with Crippen molar-refractivity contribution in [3.05, 3.63) is 12.2 Å². The van der Waals surface area contributed by atoms with Gasteiger partial charge in [0, 0.05) is 0 Å². The maximum absolute atomic E-state index is 11.5. The molecule has 0 radical (unpaired) electrons. The average molecular weight is 341 g/mol. The zero-order valence-electron chi connectivity index (χ0n) is 10.8. The van der Waals surface area contributed by atoms with Crippen molar-refractivity contribution < 1.29 is 38.4 Å². The fraction of sp³-hybridized carbons (Fsp3) is 0.750. The molecule has 96 valence electrons. The zero-order chi connectivity index (χ0) is 12.1. The molecule has 0 aliphatic carbocycles. The van der Waals surface area contributed by atoms with Gasteiger partial charge in [0.15, 0.2) is 11.9 Å². The van der Waals surface area contributed by atoms with Crippen molar-refractivity contribution in [3.8, 4) is 0 Å². The van der Waals surface area contributed by atoms with Crippen LogP contribution < -0.4 is 24.0 Å². The van der Waals surface area contributed by atoms with Crippen LogP contribution in [0.5, 0.6) is 0 Å². The van der Waals surface area contributed by atoms with Crippen molar-refractivity contribution in [2.24, 2.45) is 0 Å². The van der Waals surface area contributed by atoms with Crippen LogP contribution >= 0.6 is 0 Å². The van der Waals surface area contributed by atoms with Gasteiger partial charge in [-0.05, 0) is 33.3 Å². The predicted molar refractivity (Wildman–Crippen MR) is 62.6 cm³/mol. The second-order valence-electron chi connectivity index (χ2n) is 4.13. The fourth-order valence-corrected chi connectivity index (χ4v) is 1.79. The molecule has 0 aromatic heterocycles. The Kier molecular flexibility index (Phi) is 9.44. The molecule has 0 amide bonds. The average Bonchev–Trinajstić information content (AvgIpc) is 2.24. The number of halogens is 1. The highest BCUT2D eigenvalue weighted by molar-refractivity contribution is 5.97. The standard InChI is InChI=1S/C12H24NO2.HI/c1-6-13(7-2,8-3)9-11(14)12(15)10(4)5;/h11,14H,4,6-9H2,1-3,5H3;1H/q+1;/p-1. The first-order valence-electron chi connectivity index (χ1n) is 5.65. The Balaban J connectivity index is 0. The van der Waals surface area contributed by atoms with Gasteiger partial charge in [0.1, 0.15) is 6.54 Å². The van der Waals surface area contributed by atoms with Crippen LogP contribution in [-0.2, 0) is 4.79 Å². The second-order valence-corrected chi connectivity index (χ2v) is 4.13. The summed E-state index contributed by atoms with van der Waals surface area (Å²) in [4.78, 5) is 11.5. The Hall–Kier alpha value is 0.0600. The van der Waals surface area contributed by atoms with Crippen LogP contribution in [0.1, 0.15) is 27.7 Å². The number of quaternary nitrogens is 1. The number of nitrogens with zero attached hydrogens (tertiary/aromatic N) is 1. The van der Waals surface area contributed by atoms with Crippen LogP contribution in [-0.4, -0.2) is 47.7 Å². The minimum absolute atomic E-state index is 0. The Labute approximate surface area is 116 Å². The van der Waals surface area contributed by atoms with Gasteiger partial charge in [-0.1, -0.05) is 6.58 Å². The first kappa shape index (κ1) is 18.4. The van der Waals surface area contributed by atoms with Crippen molar-refractivity contribution in [1.82, 2.24) is 0 Å². The van der Waals surface area contributed by atoms with Gasteiger partial charge in [0.25, 0.3) is 0 Å². The molecular formula is C12H24INO2. The number of hydrogen-bond acceptors (Lipinski definition) is 2. The van der Waals surface area contributed by atoms with Crippen molar-refractivity contribution >= 4 is 5.78 Å². The van der Waals surface area contributed by atoms with Crippen molar-refractivity contribution in [1.29, 1.82) is 0 Å². The molecule has 0 saturated carbocycles. The molecule has 1 N–H and O–H groups in total. The highest BCUT2D eigenvalue weighted by Crippen LogP contribution is 2.09. The minimum Gasteiger partial charge on any atom is -1.00 e. The lowest BCUT2D eigenvalue weighted by Gasteiger charge is -2.37. The highest BCUT2D eigenvalue weighted by atomic mass is 127. The molecule has 3 nitrogen and oxygen atoms in total. The van der Waals surface area contributed by atoms with Crippen molar-refractivity contribution in [2.75, 3.05) is 26.2 Å². The van der Waals surface area contributed by atoms with E-state index in [1.807, 2.05) is 0 Å². The lowest BCUT2D eigenvalue weighted by atomic mass is 10.1. The van der Waals surface area contributed by atoms with Gasteiger partial charge >= 0.3 is 0 Å². The summed E-state index contributed by atoms with van der Waals surface area (Å²) in [6.07, 6.45) is -0.901. The third kappa shape index (κ3) is 4.93. The molecule has 16 heavy (non-hydrogen) atoms. The lowest BCUT2D eigenvalue weighted by molar-refractivity contribution is -0.925.